The van der Waals surface area contributed by atoms with Crippen LogP contribution in [0.15, 0.2) is 54.7 Å². The molecule has 0 aliphatic heterocycles. The molecule has 1 aromatic heterocycles. The number of carbonyl (C=O) groups is 3. The molecule has 0 spiro atoms. The van der Waals surface area contributed by atoms with Crippen molar-refractivity contribution in [3.8, 4) is 0 Å². The number of halogens is 1. The molecule has 6 N–H and O–H groups in total. The average Bonchev–Trinajstić information content (AvgIpc) is 2.96. The number of primary amides is 1. The zero-order valence-corrected chi connectivity index (χ0v) is 24.0. The number of nitrogens with two attached hydrogens (primary N) is 1. The van der Waals surface area contributed by atoms with Gasteiger partial charge in [0.1, 0.15) is 29.8 Å². The van der Waals surface area contributed by atoms with Crippen molar-refractivity contribution in [1.29, 1.82) is 0 Å². The van der Waals surface area contributed by atoms with Gasteiger partial charge in [0.25, 0.3) is 5.91 Å². The Balaban J connectivity index is 1.71. The molecule has 2 aromatic carbocycles. The average molecular weight is 601 g/mol. The third-order valence-electron chi connectivity index (χ3n) is 6.79. The maximum atomic E-state index is 13.9. The summed E-state index contributed by atoms with van der Waals surface area (Å²) >= 11 is 0. The van der Waals surface area contributed by atoms with Gasteiger partial charge in [0.2, 0.25) is 5.91 Å². The Labute approximate surface area is 248 Å². The number of aliphatic hydroxyl groups is 3. The lowest BCUT2D eigenvalue weighted by molar-refractivity contribution is -0.123. The van der Waals surface area contributed by atoms with E-state index in [0.29, 0.717) is 16.6 Å². The van der Waals surface area contributed by atoms with Crippen LogP contribution in [0.1, 0.15) is 49.2 Å². The van der Waals surface area contributed by atoms with Gasteiger partial charge in [0.15, 0.2) is 0 Å². The number of hydrogen-bond acceptors (Lipinski definition) is 10. The molecule has 13 heteroatoms. The Kier molecular flexibility index (Phi) is 11.9. The van der Waals surface area contributed by atoms with E-state index in [1.165, 1.54) is 24.4 Å². The highest BCUT2D eigenvalue weighted by atomic mass is 19.1. The molecule has 4 atom stereocenters. The molecule has 0 fully saturated rings. The summed E-state index contributed by atoms with van der Waals surface area (Å²) in [5.41, 5.74) is 6.15. The Bertz CT molecular complexity index is 1410. The highest BCUT2D eigenvalue weighted by molar-refractivity contribution is 5.94. The van der Waals surface area contributed by atoms with Crippen LogP contribution in [0.5, 0.6) is 0 Å². The van der Waals surface area contributed by atoms with Crippen LogP contribution in [0.4, 0.5) is 9.18 Å². The van der Waals surface area contributed by atoms with Crippen LogP contribution in [0.25, 0.3) is 11.0 Å². The summed E-state index contributed by atoms with van der Waals surface area (Å²) in [5.74, 6) is -2.69. The van der Waals surface area contributed by atoms with Gasteiger partial charge in [0, 0.05) is 5.92 Å². The van der Waals surface area contributed by atoms with Crippen LogP contribution in [-0.2, 0) is 20.7 Å². The maximum absolute atomic E-state index is 13.9. The van der Waals surface area contributed by atoms with Gasteiger partial charge in [-0.3, -0.25) is 14.6 Å². The molecule has 2 amide bonds. The van der Waals surface area contributed by atoms with Crippen LogP contribution < -0.4 is 11.1 Å². The molecule has 0 radical (unpaired) electrons. The number of ether oxygens (including phenoxy) is 2. The second kappa shape index (κ2) is 15.3. The summed E-state index contributed by atoms with van der Waals surface area (Å²) in [6.45, 7) is 2.13. The molecular formula is C30H37FN4O8. The van der Waals surface area contributed by atoms with Crippen LogP contribution in [-0.4, -0.2) is 80.3 Å². The van der Waals surface area contributed by atoms with Crippen molar-refractivity contribution in [1.82, 2.24) is 15.3 Å². The molecule has 1 unspecified atom stereocenters. The van der Waals surface area contributed by atoms with Crippen LogP contribution >= 0.6 is 0 Å². The normalized spacial score (nSPS) is 14.4. The molecule has 12 nitrogen and oxygen atoms in total. The summed E-state index contributed by atoms with van der Waals surface area (Å²) in [6.07, 6.45) is -2.13. The molecule has 43 heavy (non-hydrogen) atoms. The third-order valence-corrected chi connectivity index (χ3v) is 6.79. The van der Waals surface area contributed by atoms with E-state index in [1.54, 1.807) is 44.2 Å². The van der Waals surface area contributed by atoms with Crippen molar-refractivity contribution in [2.75, 3.05) is 13.2 Å². The molecule has 0 bridgehead atoms. The summed E-state index contributed by atoms with van der Waals surface area (Å²) in [4.78, 5) is 46.1. The van der Waals surface area contributed by atoms with E-state index in [0.717, 1.165) is 0 Å². The Morgan fingerprint density at radius 1 is 1.09 bits per heavy atom. The number of amides is 2. The lowest BCUT2D eigenvalue weighted by atomic mass is 9.87. The number of hydrogen-bond donors (Lipinski definition) is 5. The smallest absolute Gasteiger partial charge is 0.431 e. The van der Waals surface area contributed by atoms with E-state index in [1.807, 2.05) is 0 Å². The van der Waals surface area contributed by atoms with Gasteiger partial charge in [-0.25, -0.2) is 14.2 Å². The zero-order chi connectivity index (χ0) is 31.6. The highest BCUT2D eigenvalue weighted by Gasteiger charge is 2.31. The van der Waals surface area contributed by atoms with Crippen molar-refractivity contribution in [2.45, 2.75) is 63.4 Å². The summed E-state index contributed by atoms with van der Waals surface area (Å²) in [7, 11) is 0. The number of aliphatic hydroxyl groups excluding tert-OH is 3. The molecule has 0 saturated heterocycles. The fraction of sp³-hybridized carbons (Fsp3) is 0.433. The first-order chi connectivity index (χ1) is 20.4. The summed E-state index contributed by atoms with van der Waals surface area (Å²) < 4.78 is 23.9. The van der Waals surface area contributed by atoms with Crippen LogP contribution in [0.2, 0.25) is 0 Å². The number of fused-ring (bicyclic) bond motifs is 1. The van der Waals surface area contributed by atoms with Gasteiger partial charge in [-0.1, -0.05) is 24.3 Å². The number of benzene rings is 2. The van der Waals surface area contributed by atoms with E-state index in [4.69, 9.17) is 20.3 Å². The van der Waals surface area contributed by atoms with Crippen LogP contribution in [0, 0.1) is 11.7 Å². The molecule has 3 aromatic rings. The summed E-state index contributed by atoms with van der Waals surface area (Å²) in [6, 6.07) is 11.8. The quantitative estimate of drug-likeness (QED) is 0.161. The lowest BCUT2D eigenvalue weighted by Crippen LogP contribution is -2.46. The second-order valence-electron chi connectivity index (χ2n) is 10.9. The maximum Gasteiger partial charge on any atom is 0.508 e. The second-order valence-corrected chi connectivity index (χ2v) is 10.9. The minimum absolute atomic E-state index is 0.0129. The minimum atomic E-state index is -1.29. The fourth-order valence-corrected chi connectivity index (χ4v) is 4.39. The topological polar surface area (TPSA) is 194 Å². The predicted octanol–water partition coefficient (Wildman–Crippen LogP) is 2.03. The predicted molar refractivity (Wildman–Crippen MR) is 153 cm³/mol. The molecule has 0 aliphatic carbocycles. The first-order valence-electron chi connectivity index (χ1n) is 13.8. The molecule has 0 aliphatic rings. The van der Waals surface area contributed by atoms with E-state index < -0.39 is 66.8 Å². The Hall–Kier alpha value is -4.20. The van der Waals surface area contributed by atoms with E-state index in [9.17, 15) is 29.0 Å². The Morgan fingerprint density at radius 3 is 2.49 bits per heavy atom. The lowest BCUT2D eigenvalue weighted by Gasteiger charge is -2.29. The standard InChI is InChI=1S/C30H37FN4O8/c1-30(2,43-29(41)42-17-21(37)16-36)11-10-19(27(32)39)14-26(38)24(13-18-6-5-7-20(31)12-18)35-28(40)25-15-33-22-8-3-4-9-23(22)34-25/h3-9,12,15,19,21,24,26,36-38H,10-11,13-14,16-17H2,1-2H3,(H2,32,39)(H,35,40)/t19-,21?,24+,26+/m1/s1. The monoisotopic (exact) mass is 600 g/mol. The van der Waals surface area contributed by atoms with E-state index in [-0.39, 0.29) is 31.4 Å². The van der Waals surface area contributed by atoms with Crippen LogP contribution in [0.3, 0.4) is 0 Å². The zero-order valence-electron chi connectivity index (χ0n) is 24.0. The SMILES string of the molecule is CC(C)(CC[C@H](C[C@H](O)[C@H](Cc1cccc(F)c1)NC(=O)c1cnc2ccccc2n1)C(N)=O)OC(=O)OCC(O)CO. The third kappa shape index (κ3) is 10.5. The highest BCUT2D eigenvalue weighted by Crippen LogP contribution is 2.25. The first-order valence-corrected chi connectivity index (χ1v) is 13.8. The number of rotatable bonds is 15. The van der Waals surface area contributed by atoms with Gasteiger partial charge < -0.3 is 35.8 Å². The first kappa shape index (κ1) is 33.3. The minimum Gasteiger partial charge on any atom is -0.431 e. The van der Waals surface area contributed by atoms with Crippen molar-refractivity contribution < 1.29 is 43.6 Å². The van der Waals surface area contributed by atoms with Crippen molar-refractivity contribution in [2.24, 2.45) is 11.7 Å². The molecule has 232 valence electrons. The van der Waals surface area contributed by atoms with Gasteiger partial charge in [-0.05, 0) is 69.4 Å². The largest absolute Gasteiger partial charge is 0.508 e. The number of para-hydroxylation sites is 2. The van der Waals surface area contributed by atoms with Crippen molar-refractivity contribution in [3.63, 3.8) is 0 Å². The van der Waals surface area contributed by atoms with E-state index in [2.05, 4.69) is 15.3 Å². The van der Waals surface area contributed by atoms with Gasteiger partial charge in [0.05, 0.1) is 36.0 Å². The summed E-state index contributed by atoms with van der Waals surface area (Å²) in [5, 5.41) is 32.2. The number of aromatic nitrogens is 2. The van der Waals surface area contributed by atoms with E-state index >= 15 is 0 Å². The van der Waals surface area contributed by atoms with Crippen molar-refractivity contribution >= 4 is 29.0 Å². The number of nitrogens with zero attached hydrogens (tertiary/aromatic N) is 2. The van der Waals surface area contributed by atoms with Gasteiger partial charge in [-0.15, -0.1) is 0 Å². The molecular weight excluding hydrogens is 563 g/mol. The molecule has 1 heterocycles. The Morgan fingerprint density at radius 2 is 1.81 bits per heavy atom. The fourth-order valence-electron chi connectivity index (χ4n) is 4.39. The molecule has 3 rings (SSSR count). The molecule has 0 saturated carbocycles. The van der Waals surface area contributed by atoms with Crippen molar-refractivity contribution in [3.05, 3.63) is 71.8 Å². The van der Waals surface area contributed by atoms with Gasteiger partial charge in [-0.2, -0.15) is 0 Å². The van der Waals surface area contributed by atoms with Gasteiger partial charge >= 0.3 is 6.16 Å². The number of carbonyl (C=O) groups excluding carboxylic acids is 3. The number of nitrogens with one attached hydrogen (secondary N) is 1.